The molecule has 0 unspecified atom stereocenters. The highest BCUT2D eigenvalue weighted by Crippen LogP contribution is 2.10. The summed E-state index contributed by atoms with van der Waals surface area (Å²) in [7, 11) is 0. The zero-order valence-electron chi connectivity index (χ0n) is 10.7. The van der Waals surface area contributed by atoms with Crippen molar-refractivity contribution in [1.82, 2.24) is 0 Å². The highest BCUT2D eigenvalue weighted by Gasteiger charge is 1.93. The van der Waals surface area contributed by atoms with Gasteiger partial charge >= 0.3 is 0 Å². The van der Waals surface area contributed by atoms with Gasteiger partial charge in [-0.05, 0) is 16.7 Å². The van der Waals surface area contributed by atoms with Crippen molar-refractivity contribution in [2.45, 2.75) is 6.42 Å². The summed E-state index contributed by atoms with van der Waals surface area (Å²) < 4.78 is 4.68. The molecule has 0 aliphatic carbocycles. The number of ether oxygens (including phenoxy) is 1. The molecule has 2 aromatic rings. The van der Waals surface area contributed by atoms with Crippen molar-refractivity contribution in [3.63, 3.8) is 0 Å². The normalized spacial score (nSPS) is 10.5. The van der Waals surface area contributed by atoms with Gasteiger partial charge in [0.05, 0.1) is 6.61 Å². The third-order valence-electron chi connectivity index (χ3n) is 2.82. The Balaban J connectivity index is 1.95. The molecule has 0 amide bonds. The maximum atomic E-state index is 10.0. The maximum absolute atomic E-state index is 10.0. The van der Waals surface area contributed by atoms with E-state index < -0.39 is 0 Å². The monoisotopic (exact) mass is 252 g/mol. The molecule has 96 valence electrons. The third kappa shape index (κ3) is 4.43. The van der Waals surface area contributed by atoms with E-state index in [4.69, 9.17) is 0 Å². The highest BCUT2D eigenvalue weighted by atomic mass is 16.5. The number of rotatable bonds is 6. The predicted octanol–water partition coefficient (Wildman–Crippen LogP) is 3.57. The fourth-order valence-corrected chi connectivity index (χ4v) is 1.78. The molecular formula is C17H16O2. The van der Waals surface area contributed by atoms with E-state index in [-0.39, 0.29) is 0 Å². The molecular weight excluding hydrogens is 236 g/mol. The van der Waals surface area contributed by atoms with Crippen LogP contribution in [-0.2, 0) is 16.0 Å². The van der Waals surface area contributed by atoms with Crippen molar-refractivity contribution in [1.29, 1.82) is 0 Å². The van der Waals surface area contributed by atoms with Gasteiger partial charge in [-0.1, -0.05) is 66.7 Å². The number of hydrogen-bond acceptors (Lipinski definition) is 2. The van der Waals surface area contributed by atoms with E-state index in [2.05, 4.69) is 53.3 Å². The molecule has 0 radical (unpaired) electrons. The molecule has 0 spiro atoms. The summed E-state index contributed by atoms with van der Waals surface area (Å²) in [4.78, 5) is 10.0. The lowest BCUT2D eigenvalue weighted by atomic mass is 10.1. The van der Waals surface area contributed by atoms with Gasteiger partial charge in [-0.3, -0.25) is 4.79 Å². The molecule has 2 nitrogen and oxygen atoms in total. The predicted molar refractivity (Wildman–Crippen MR) is 77.5 cm³/mol. The first-order valence-electron chi connectivity index (χ1n) is 6.26. The summed E-state index contributed by atoms with van der Waals surface area (Å²) in [5, 5.41) is 0. The van der Waals surface area contributed by atoms with Crippen molar-refractivity contribution >= 4 is 18.6 Å². The van der Waals surface area contributed by atoms with Crippen LogP contribution in [0.25, 0.3) is 12.2 Å². The molecule has 0 N–H and O–H groups in total. The topological polar surface area (TPSA) is 26.3 Å². The van der Waals surface area contributed by atoms with Crippen LogP contribution in [0.3, 0.4) is 0 Å². The maximum Gasteiger partial charge on any atom is 0.293 e. The van der Waals surface area contributed by atoms with E-state index in [0.29, 0.717) is 13.1 Å². The Morgan fingerprint density at radius 3 is 2.11 bits per heavy atom. The average molecular weight is 252 g/mol. The van der Waals surface area contributed by atoms with E-state index in [9.17, 15) is 4.79 Å². The SMILES string of the molecule is O=COCCc1ccc(C=Cc2ccccc2)cc1. The van der Waals surface area contributed by atoms with Crippen LogP contribution in [0.4, 0.5) is 0 Å². The van der Waals surface area contributed by atoms with Crippen LogP contribution in [-0.4, -0.2) is 13.1 Å². The van der Waals surface area contributed by atoms with Crippen LogP contribution in [0.2, 0.25) is 0 Å². The second-order valence-electron chi connectivity index (χ2n) is 4.20. The van der Waals surface area contributed by atoms with Crippen molar-refractivity contribution in [3.8, 4) is 0 Å². The molecule has 0 aliphatic rings. The first-order chi connectivity index (χ1) is 9.38. The van der Waals surface area contributed by atoms with Crippen LogP contribution >= 0.6 is 0 Å². The van der Waals surface area contributed by atoms with Crippen LogP contribution in [0, 0.1) is 0 Å². The standard InChI is InChI=1S/C17H16O2/c18-14-19-13-12-17-10-8-16(9-11-17)7-6-15-4-2-1-3-5-15/h1-11,14H,12-13H2. The van der Waals surface area contributed by atoms with Crippen LogP contribution in [0.1, 0.15) is 16.7 Å². The van der Waals surface area contributed by atoms with E-state index >= 15 is 0 Å². The molecule has 0 bridgehead atoms. The van der Waals surface area contributed by atoms with Crippen molar-refractivity contribution in [2.75, 3.05) is 6.61 Å². The number of benzene rings is 2. The Morgan fingerprint density at radius 2 is 1.47 bits per heavy atom. The molecule has 0 heterocycles. The summed E-state index contributed by atoms with van der Waals surface area (Å²) in [6.07, 6.45) is 4.92. The van der Waals surface area contributed by atoms with Gasteiger partial charge in [0.25, 0.3) is 6.47 Å². The van der Waals surface area contributed by atoms with Crippen molar-refractivity contribution in [3.05, 3.63) is 71.3 Å². The smallest absolute Gasteiger partial charge is 0.293 e. The minimum Gasteiger partial charge on any atom is -0.468 e. The lowest BCUT2D eigenvalue weighted by Crippen LogP contribution is -1.96. The van der Waals surface area contributed by atoms with Gasteiger partial charge in [0.2, 0.25) is 0 Å². The lowest BCUT2D eigenvalue weighted by Gasteiger charge is -2.01. The number of carbonyl (C=O) groups excluding carboxylic acids is 1. The Morgan fingerprint density at radius 1 is 0.842 bits per heavy atom. The zero-order chi connectivity index (χ0) is 13.3. The van der Waals surface area contributed by atoms with Gasteiger partial charge in [0.1, 0.15) is 0 Å². The second-order valence-corrected chi connectivity index (χ2v) is 4.20. The largest absolute Gasteiger partial charge is 0.468 e. The van der Waals surface area contributed by atoms with Gasteiger partial charge in [-0.2, -0.15) is 0 Å². The zero-order valence-corrected chi connectivity index (χ0v) is 10.7. The Bertz CT molecular complexity index is 527. The second kappa shape index (κ2) is 7.17. The van der Waals surface area contributed by atoms with E-state index in [1.54, 1.807) is 0 Å². The first-order valence-corrected chi connectivity index (χ1v) is 6.26. The van der Waals surface area contributed by atoms with Gasteiger partial charge in [0, 0.05) is 6.42 Å². The molecule has 0 atom stereocenters. The quantitative estimate of drug-likeness (QED) is 0.446. The van der Waals surface area contributed by atoms with Crippen molar-refractivity contribution < 1.29 is 9.53 Å². The molecule has 2 aromatic carbocycles. The third-order valence-corrected chi connectivity index (χ3v) is 2.82. The Hall–Kier alpha value is -2.35. The average Bonchev–Trinajstić information content (AvgIpc) is 2.48. The van der Waals surface area contributed by atoms with Gasteiger partial charge < -0.3 is 4.74 Å². The number of hydrogen-bond donors (Lipinski definition) is 0. The summed E-state index contributed by atoms with van der Waals surface area (Å²) >= 11 is 0. The lowest BCUT2D eigenvalue weighted by molar-refractivity contribution is -0.128. The summed E-state index contributed by atoms with van der Waals surface area (Å²) in [6.45, 7) is 0.916. The fraction of sp³-hybridized carbons (Fsp3) is 0.118. The van der Waals surface area contributed by atoms with Crippen LogP contribution < -0.4 is 0 Å². The van der Waals surface area contributed by atoms with Crippen molar-refractivity contribution in [2.24, 2.45) is 0 Å². The molecule has 0 fully saturated rings. The summed E-state index contributed by atoms with van der Waals surface area (Å²) in [5.74, 6) is 0. The van der Waals surface area contributed by atoms with Gasteiger partial charge in [0.15, 0.2) is 0 Å². The van der Waals surface area contributed by atoms with E-state index in [0.717, 1.165) is 12.0 Å². The van der Waals surface area contributed by atoms with Gasteiger partial charge in [-0.15, -0.1) is 0 Å². The Kier molecular flexibility index (Phi) is 4.94. The molecule has 0 saturated carbocycles. The molecule has 0 aromatic heterocycles. The summed E-state index contributed by atoms with van der Waals surface area (Å²) in [5.41, 5.74) is 3.51. The molecule has 0 saturated heterocycles. The number of carbonyl (C=O) groups is 1. The van der Waals surface area contributed by atoms with Gasteiger partial charge in [-0.25, -0.2) is 0 Å². The minimum absolute atomic E-state index is 0.433. The Labute approximate surface area is 113 Å². The molecule has 0 aliphatic heterocycles. The van der Waals surface area contributed by atoms with E-state index in [1.807, 2.05) is 18.2 Å². The summed E-state index contributed by atoms with van der Waals surface area (Å²) in [6, 6.07) is 18.4. The van der Waals surface area contributed by atoms with Crippen LogP contribution in [0.5, 0.6) is 0 Å². The molecule has 2 heteroatoms. The van der Waals surface area contributed by atoms with Crippen LogP contribution in [0.15, 0.2) is 54.6 Å². The van der Waals surface area contributed by atoms with E-state index in [1.165, 1.54) is 11.1 Å². The highest BCUT2D eigenvalue weighted by molar-refractivity contribution is 5.69. The minimum atomic E-state index is 0.433. The fourth-order valence-electron chi connectivity index (χ4n) is 1.78. The molecule has 2 rings (SSSR count). The first kappa shape index (κ1) is 13.1. The molecule has 19 heavy (non-hydrogen) atoms.